The van der Waals surface area contributed by atoms with Gasteiger partial charge in [0.25, 0.3) is 5.91 Å². The van der Waals surface area contributed by atoms with Gasteiger partial charge in [-0.05, 0) is 58.8 Å². The summed E-state index contributed by atoms with van der Waals surface area (Å²) in [6.07, 6.45) is 0.776. The lowest BCUT2D eigenvalue weighted by Crippen LogP contribution is -2.58. The first-order valence-electron chi connectivity index (χ1n) is 9.16. The third-order valence-corrected chi connectivity index (χ3v) is 6.13. The van der Waals surface area contributed by atoms with E-state index in [0.717, 1.165) is 18.4 Å². The molecule has 7 heteroatoms. The lowest BCUT2D eigenvalue weighted by atomic mass is 9.79. The molecular formula is C19H30BN3O3. The van der Waals surface area contributed by atoms with Crippen molar-refractivity contribution in [1.29, 1.82) is 0 Å². The number of nitrogens with zero attached hydrogens (tertiary/aromatic N) is 2. The molecule has 3 rings (SSSR count). The summed E-state index contributed by atoms with van der Waals surface area (Å²) in [5.41, 5.74) is 6.59. The highest BCUT2D eigenvalue weighted by molar-refractivity contribution is 6.62. The number of hydrogen-bond acceptors (Lipinski definition) is 5. The van der Waals surface area contributed by atoms with Crippen molar-refractivity contribution in [2.75, 3.05) is 27.2 Å². The molecule has 0 bridgehead atoms. The van der Waals surface area contributed by atoms with Crippen LogP contribution >= 0.6 is 0 Å². The summed E-state index contributed by atoms with van der Waals surface area (Å²) in [5.74, 6) is -0.0664. The maximum atomic E-state index is 12.8. The summed E-state index contributed by atoms with van der Waals surface area (Å²) in [4.78, 5) is 16.7. The molecule has 0 saturated carbocycles. The second-order valence-electron chi connectivity index (χ2n) is 8.67. The summed E-state index contributed by atoms with van der Waals surface area (Å²) in [6.45, 7) is 9.69. The van der Waals surface area contributed by atoms with Gasteiger partial charge in [0.15, 0.2) is 0 Å². The van der Waals surface area contributed by atoms with E-state index in [4.69, 9.17) is 15.0 Å². The van der Waals surface area contributed by atoms with Crippen molar-refractivity contribution in [2.45, 2.75) is 51.0 Å². The van der Waals surface area contributed by atoms with Crippen LogP contribution < -0.4 is 11.2 Å². The van der Waals surface area contributed by atoms with E-state index < -0.39 is 12.8 Å². The summed E-state index contributed by atoms with van der Waals surface area (Å²) < 4.78 is 12.1. The number of hydrogen-bond donors (Lipinski definition) is 1. The normalized spacial score (nSPS) is 27.7. The van der Waals surface area contributed by atoms with Gasteiger partial charge in [0.1, 0.15) is 5.66 Å². The van der Waals surface area contributed by atoms with Gasteiger partial charge in [0, 0.05) is 25.7 Å². The number of likely N-dealkylation sites (N-methyl/N-ethyl adjacent to an activating group) is 2. The van der Waals surface area contributed by atoms with Crippen LogP contribution in [0.5, 0.6) is 0 Å². The summed E-state index contributed by atoms with van der Waals surface area (Å²) in [6, 6.07) is 7.43. The fraction of sp³-hybridized carbons (Fsp3) is 0.632. The quantitative estimate of drug-likeness (QED) is 0.646. The first-order chi connectivity index (χ1) is 12.0. The van der Waals surface area contributed by atoms with Crippen LogP contribution in [0.4, 0.5) is 0 Å². The Balaban J connectivity index is 1.73. The Labute approximate surface area is 156 Å². The van der Waals surface area contributed by atoms with Gasteiger partial charge in [-0.25, -0.2) is 0 Å². The zero-order valence-corrected chi connectivity index (χ0v) is 16.7. The molecule has 0 aromatic heterocycles. The molecule has 2 heterocycles. The number of amides is 1. The lowest BCUT2D eigenvalue weighted by Gasteiger charge is -2.35. The van der Waals surface area contributed by atoms with Crippen LogP contribution in [0, 0.1) is 0 Å². The van der Waals surface area contributed by atoms with Gasteiger partial charge in [-0.15, -0.1) is 0 Å². The van der Waals surface area contributed by atoms with Gasteiger partial charge in [-0.1, -0.05) is 12.1 Å². The SMILES string of the molecule is CN1CCC(N)(N(C)C(=O)c2ccc(B3OC(C)(C)C(C)(C)O3)cc2)C1. The molecule has 1 amide bonds. The number of likely N-dealkylation sites (tertiary alicyclic amines) is 1. The van der Waals surface area contributed by atoms with Crippen molar-refractivity contribution in [3.63, 3.8) is 0 Å². The third-order valence-electron chi connectivity index (χ3n) is 6.13. The minimum Gasteiger partial charge on any atom is -0.399 e. The largest absolute Gasteiger partial charge is 0.494 e. The van der Waals surface area contributed by atoms with E-state index in [2.05, 4.69) is 4.90 Å². The second kappa shape index (κ2) is 6.34. The standard InChI is InChI=1S/C19H30BN3O3/c1-17(2)18(3,4)26-20(25-17)15-9-7-14(8-10-15)16(24)23(6)19(21)11-12-22(5)13-19/h7-10H,11-13,21H2,1-6H3. The first-order valence-corrected chi connectivity index (χ1v) is 9.16. The lowest BCUT2D eigenvalue weighted by molar-refractivity contribution is 0.00578. The molecule has 1 atom stereocenters. The summed E-state index contributed by atoms with van der Waals surface area (Å²) in [5, 5.41) is 0. The van der Waals surface area contributed by atoms with Crippen molar-refractivity contribution in [1.82, 2.24) is 9.80 Å². The number of rotatable bonds is 3. The molecule has 6 nitrogen and oxygen atoms in total. The van der Waals surface area contributed by atoms with Gasteiger partial charge < -0.3 is 24.8 Å². The Morgan fingerprint density at radius 2 is 1.69 bits per heavy atom. The molecule has 2 aliphatic heterocycles. The van der Waals surface area contributed by atoms with Crippen LogP contribution in [0.25, 0.3) is 0 Å². The zero-order valence-electron chi connectivity index (χ0n) is 16.7. The molecule has 0 radical (unpaired) electrons. The van der Waals surface area contributed by atoms with Crippen molar-refractivity contribution in [3.05, 3.63) is 29.8 Å². The van der Waals surface area contributed by atoms with Crippen LogP contribution in [-0.2, 0) is 9.31 Å². The van der Waals surface area contributed by atoms with E-state index in [1.807, 2.05) is 59.0 Å². The Kier molecular flexibility index (Phi) is 4.72. The molecule has 2 fully saturated rings. The second-order valence-corrected chi connectivity index (χ2v) is 8.67. The molecule has 0 spiro atoms. The van der Waals surface area contributed by atoms with Gasteiger partial charge in [-0.2, -0.15) is 0 Å². The zero-order chi connectivity index (χ0) is 19.3. The first kappa shape index (κ1) is 19.4. The predicted octanol–water partition coefficient (Wildman–Crippen LogP) is 1.05. The van der Waals surface area contributed by atoms with Crippen LogP contribution in [-0.4, -0.2) is 66.9 Å². The molecule has 2 N–H and O–H groups in total. The van der Waals surface area contributed by atoms with Crippen molar-refractivity contribution >= 4 is 18.5 Å². The van der Waals surface area contributed by atoms with Gasteiger partial charge in [0.2, 0.25) is 0 Å². The fourth-order valence-corrected chi connectivity index (χ4v) is 3.44. The molecular weight excluding hydrogens is 329 g/mol. The number of carbonyl (C=O) groups excluding carboxylic acids is 1. The van der Waals surface area contributed by atoms with Gasteiger partial charge in [-0.3, -0.25) is 4.79 Å². The fourth-order valence-electron chi connectivity index (χ4n) is 3.44. The maximum Gasteiger partial charge on any atom is 0.494 e. The van der Waals surface area contributed by atoms with Crippen molar-refractivity contribution in [2.24, 2.45) is 5.73 Å². The van der Waals surface area contributed by atoms with Gasteiger partial charge in [0.05, 0.1) is 11.2 Å². The highest BCUT2D eigenvalue weighted by Gasteiger charge is 2.51. The summed E-state index contributed by atoms with van der Waals surface area (Å²) in [7, 11) is 3.38. The molecule has 2 saturated heterocycles. The van der Waals surface area contributed by atoms with Crippen LogP contribution in [0.3, 0.4) is 0 Å². The molecule has 1 unspecified atom stereocenters. The Bertz CT molecular complexity index is 676. The van der Waals surface area contributed by atoms with E-state index in [-0.39, 0.29) is 17.1 Å². The third kappa shape index (κ3) is 3.29. The topological polar surface area (TPSA) is 68.0 Å². The molecule has 142 valence electrons. The van der Waals surface area contributed by atoms with Crippen molar-refractivity contribution < 1.29 is 14.1 Å². The van der Waals surface area contributed by atoms with E-state index in [9.17, 15) is 4.79 Å². The molecule has 1 aromatic carbocycles. The Morgan fingerprint density at radius 3 is 2.15 bits per heavy atom. The minimum atomic E-state index is -0.615. The van der Waals surface area contributed by atoms with Crippen LogP contribution in [0.1, 0.15) is 44.5 Å². The Hall–Kier alpha value is -1.41. The molecule has 2 aliphatic rings. The van der Waals surface area contributed by atoms with E-state index >= 15 is 0 Å². The average Bonchev–Trinajstić information content (AvgIpc) is 3.02. The Morgan fingerprint density at radius 1 is 1.15 bits per heavy atom. The number of carbonyl (C=O) groups is 1. The highest BCUT2D eigenvalue weighted by Crippen LogP contribution is 2.36. The van der Waals surface area contributed by atoms with E-state index in [1.165, 1.54) is 0 Å². The molecule has 0 aliphatic carbocycles. The van der Waals surface area contributed by atoms with Gasteiger partial charge >= 0.3 is 7.12 Å². The maximum absolute atomic E-state index is 12.8. The van der Waals surface area contributed by atoms with Crippen molar-refractivity contribution in [3.8, 4) is 0 Å². The predicted molar refractivity (Wildman–Crippen MR) is 103 cm³/mol. The highest BCUT2D eigenvalue weighted by atomic mass is 16.7. The molecule has 26 heavy (non-hydrogen) atoms. The van der Waals surface area contributed by atoms with E-state index in [0.29, 0.717) is 12.1 Å². The minimum absolute atomic E-state index is 0.0664. The van der Waals surface area contributed by atoms with Crippen LogP contribution in [0.15, 0.2) is 24.3 Å². The monoisotopic (exact) mass is 359 g/mol. The average molecular weight is 359 g/mol. The summed E-state index contributed by atoms with van der Waals surface area (Å²) >= 11 is 0. The van der Waals surface area contributed by atoms with Crippen LogP contribution in [0.2, 0.25) is 0 Å². The number of nitrogens with two attached hydrogens (primary N) is 1. The number of benzene rings is 1. The van der Waals surface area contributed by atoms with E-state index in [1.54, 1.807) is 11.9 Å². The molecule has 1 aromatic rings. The smallest absolute Gasteiger partial charge is 0.399 e.